The first-order valence-electron chi connectivity index (χ1n) is 5.92. The van der Waals surface area contributed by atoms with Gasteiger partial charge in [0.25, 0.3) is 0 Å². The van der Waals surface area contributed by atoms with Crippen molar-refractivity contribution in [3.63, 3.8) is 0 Å². The maximum atomic E-state index is 11.3. The van der Waals surface area contributed by atoms with Gasteiger partial charge in [-0.15, -0.1) is 0 Å². The molecule has 0 spiro atoms. The van der Waals surface area contributed by atoms with E-state index < -0.39 is 5.41 Å². The molecule has 0 saturated carbocycles. The molecule has 0 unspecified atom stereocenters. The highest BCUT2D eigenvalue weighted by Crippen LogP contribution is 2.21. The van der Waals surface area contributed by atoms with E-state index in [1.54, 1.807) is 0 Å². The van der Waals surface area contributed by atoms with Crippen LogP contribution in [0.15, 0.2) is 30.3 Å². The van der Waals surface area contributed by atoms with Crippen LogP contribution in [0, 0.1) is 5.41 Å². The van der Waals surface area contributed by atoms with Crippen molar-refractivity contribution in [1.29, 1.82) is 0 Å². The van der Waals surface area contributed by atoms with Crippen molar-refractivity contribution >= 4 is 16.8 Å². The van der Waals surface area contributed by atoms with Crippen molar-refractivity contribution in [2.45, 2.75) is 27.3 Å². The van der Waals surface area contributed by atoms with Crippen molar-refractivity contribution in [2.75, 3.05) is 13.1 Å². The van der Waals surface area contributed by atoms with Crippen molar-refractivity contribution in [3.8, 4) is 0 Å². The van der Waals surface area contributed by atoms with E-state index in [4.69, 9.17) is 11.6 Å². The molecule has 3 heteroatoms. The molecule has 94 valence electrons. The van der Waals surface area contributed by atoms with Gasteiger partial charge in [-0.3, -0.25) is 9.69 Å². The van der Waals surface area contributed by atoms with Crippen LogP contribution in [0.1, 0.15) is 26.3 Å². The van der Waals surface area contributed by atoms with Crippen molar-refractivity contribution in [1.82, 2.24) is 4.90 Å². The van der Waals surface area contributed by atoms with Crippen molar-refractivity contribution in [3.05, 3.63) is 35.9 Å². The van der Waals surface area contributed by atoms with Gasteiger partial charge >= 0.3 is 0 Å². The number of hydrogen-bond donors (Lipinski definition) is 0. The molecule has 0 aliphatic carbocycles. The summed E-state index contributed by atoms with van der Waals surface area (Å²) in [6.45, 7) is 8.30. The minimum absolute atomic E-state index is 0.274. The molecule has 0 fully saturated rings. The highest BCUT2D eigenvalue weighted by atomic mass is 35.5. The third-order valence-corrected chi connectivity index (χ3v) is 3.36. The molecular weight excluding hydrogens is 234 g/mol. The largest absolute Gasteiger partial charge is 0.298 e. The molecule has 0 bridgehead atoms. The normalized spacial score (nSPS) is 11.8. The van der Waals surface area contributed by atoms with E-state index in [0.29, 0.717) is 6.54 Å². The lowest BCUT2D eigenvalue weighted by Crippen LogP contribution is -2.37. The van der Waals surface area contributed by atoms with Gasteiger partial charge in [0.2, 0.25) is 5.24 Å². The molecular formula is C14H20ClNO. The average molecular weight is 254 g/mol. The molecule has 0 N–H and O–H groups in total. The van der Waals surface area contributed by atoms with Gasteiger partial charge in [-0.1, -0.05) is 51.1 Å². The standard InChI is InChI=1S/C14H20ClNO/c1-4-16(11-14(2,3)13(15)17)10-12-8-6-5-7-9-12/h5-9H,4,10-11H2,1-3H3. The molecule has 0 heterocycles. The Hall–Kier alpha value is -0.860. The molecule has 0 atom stereocenters. The quantitative estimate of drug-likeness (QED) is 0.725. The van der Waals surface area contributed by atoms with Crippen LogP contribution in [0.3, 0.4) is 0 Å². The van der Waals surface area contributed by atoms with Crippen molar-refractivity contribution in [2.24, 2.45) is 5.41 Å². The zero-order valence-corrected chi connectivity index (χ0v) is 11.5. The number of nitrogens with zero attached hydrogens (tertiary/aromatic N) is 1. The molecule has 0 aliphatic rings. The summed E-state index contributed by atoms with van der Waals surface area (Å²) in [4.78, 5) is 13.5. The van der Waals surface area contributed by atoms with Crippen LogP contribution in [0.4, 0.5) is 0 Å². The van der Waals surface area contributed by atoms with Crippen LogP contribution in [0.5, 0.6) is 0 Å². The summed E-state index contributed by atoms with van der Waals surface area (Å²) >= 11 is 5.61. The van der Waals surface area contributed by atoms with Crippen LogP contribution in [-0.2, 0) is 11.3 Å². The molecule has 0 radical (unpaired) electrons. The third-order valence-electron chi connectivity index (χ3n) is 2.85. The van der Waals surface area contributed by atoms with Gasteiger partial charge < -0.3 is 0 Å². The Morgan fingerprint density at radius 2 is 1.88 bits per heavy atom. The first-order valence-corrected chi connectivity index (χ1v) is 6.29. The molecule has 1 rings (SSSR count). The summed E-state index contributed by atoms with van der Waals surface area (Å²) in [5.74, 6) is 0. The van der Waals surface area contributed by atoms with E-state index in [-0.39, 0.29) is 5.24 Å². The molecule has 17 heavy (non-hydrogen) atoms. The maximum absolute atomic E-state index is 11.3. The fraction of sp³-hybridized carbons (Fsp3) is 0.500. The second kappa shape index (κ2) is 6.18. The summed E-state index contributed by atoms with van der Waals surface area (Å²) in [7, 11) is 0. The lowest BCUT2D eigenvalue weighted by Gasteiger charge is -2.29. The Labute approximate surface area is 109 Å². The summed E-state index contributed by atoms with van der Waals surface area (Å²) in [6.07, 6.45) is 0. The lowest BCUT2D eigenvalue weighted by atomic mass is 9.94. The highest BCUT2D eigenvalue weighted by molar-refractivity contribution is 6.64. The van der Waals surface area contributed by atoms with Crippen LogP contribution in [-0.4, -0.2) is 23.2 Å². The smallest absolute Gasteiger partial charge is 0.228 e. The summed E-state index contributed by atoms with van der Waals surface area (Å²) in [5, 5.41) is -0.274. The van der Waals surface area contributed by atoms with Gasteiger partial charge in [0.15, 0.2) is 0 Å². The number of carbonyl (C=O) groups is 1. The first kappa shape index (κ1) is 14.2. The monoisotopic (exact) mass is 253 g/mol. The van der Waals surface area contributed by atoms with E-state index in [1.165, 1.54) is 5.56 Å². The zero-order valence-electron chi connectivity index (χ0n) is 10.7. The number of halogens is 1. The Morgan fingerprint density at radius 1 is 1.29 bits per heavy atom. The van der Waals surface area contributed by atoms with E-state index in [9.17, 15) is 4.79 Å². The molecule has 0 aromatic heterocycles. The molecule has 1 aromatic carbocycles. The SMILES string of the molecule is CCN(Cc1ccccc1)CC(C)(C)C(=O)Cl. The molecule has 2 nitrogen and oxygen atoms in total. The lowest BCUT2D eigenvalue weighted by molar-refractivity contribution is -0.119. The van der Waals surface area contributed by atoms with Gasteiger partial charge in [-0.05, 0) is 23.7 Å². The maximum Gasteiger partial charge on any atom is 0.228 e. The fourth-order valence-corrected chi connectivity index (χ4v) is 1.80. The van der Waals surface area contributed by atoms with Crippen LogP contribution in [0.25, 0.3) is 0 Å². The minimum Gasteiger partial charge on any atom is -0.298 e. The molecule has 0 saturated heterocycles. The predicted molar refractivity (Wildman–Crippen MR) is 72.0 cm³/mol. The van der Waals surface area contributed by atoms with Gasteiger partial charge in [0.05, 0.1) is 5.41 Å². The van der Waals surface area contributed by atoms with E-state index in [1.807, 2.05) is 32.0 Å². The van der Waals surface area contributed by atoms with E-state index in [2.05, 4.69) is 24.0 Å². The Bertz CT molecular complexity index is 362. The van der Waals surface area contributed by atoms with Gasteiger partial charge in [0, 0.05) is 13.1 Å². The minimum atomic E-state index is -0.494. The van der Waals surface area contributed by atoms with E-state index in [0.717, 1.165) is 13.1 Å². The van der Waals surface area contributed by atoms with Crippen LogP contribution in [0.2, 0.25) is 0 Å². The molecule has 0 aliphatic heterocycles. The van der Waals surface area contributed by atoms with Gasteiger partial charge in [0.1, 0.15) is 0 Å². The Kier molecular flexibility index (Phi) is 5.16. The summed E-state index contributed by atoms with van der Waals surface area (Å²) < 4.78 is 0. The first-order chi connectivity index (χ1) is 7.95. The summed E-state index contributed by atoms with van der Waals surface area (Å²) in [6, 6.07) is 10.3. The zero-order chi connectivity index (χ0) is 12.9. The third kappa shape index (κ3) is 4.49. The number of carbonyl (C=O) groups excluding carboxylic acids is 1. The van der Waals surface area contributed by atoms with Gasteiger partial charge in [-0.2, -0.15) is 0 Å². The second-order valence-corrected chi connectivity index (χ2v) is 5.29. The van der Waals surface area contributed by atoms with E-state index >= 15 is 0 Å². The Morgan fingerprint density at radius 3 is 2.35 bits per heavy atom. The topological polar surface area (TPSA) is 20.3 Å². The van der Waals surface area contributed by atoms with Crippen LogP contribution >= 0.6 is 11.6 Å². The summed E-state index contributed by atoms with van der Waals surface area (Å²) in [5.41, 5.74) is 0.763. The average Bonchev–Trinajstić information content (AvgIpc) is 2.29. The highest BCUT2D eigenvalue weighted by Gasteiger charge is 2.28. The predicted octanol–water partition coefficient (Wildman–Crippen LogP) is 3.30. The van der Waals surface area contributed by atoms with Gasteiger partial charge in [-0.25, -0.2) is 0 Å². The number of hydrogen-bond acceptors (Lipinski definition) is 2. The van der Waals surface area contributed by atoms with Crippen molar-refractivity contribution < 1.29 is 4.79 Å². The Balaban J connectivity index is 2.64. The molecule has 1 aromatic rings. The van der Waals surface area contributed by atoms with Crippen LogP contribution < -0.4 is 0 Å². The number of benzene rings is 1. The second-order valence-electron chi connectivity index (χ2n) is 4.95. The number of rotatable bonds is 6. The molecule has 0 amide bonds. The fourth-order valence-electron chi connectivity index (χ4n) is 1.74.